The van der Waals surface area contributed by atoms with Gasteiger partial charge in [-0.05, 0) is 17.9 Å². The van der Waals surface area contributed by atoms with Crippen LogP contribution in [0.4, 0.5) is 0 Å². The third-order valence-corrected chi connectivity index (χ3v) is 4.50. The molecule has 21 heavy (non-hydrogen) atoms. The summed E-state index contributed by atoms with van der Waals surface area (Å²) in [6, 6.07) is 1.04. The molecule has 1 atom stereocenters. The fourth-order valence-electron chi connectivity index (χ4n) is 2.13. The van der Waals surface area contributed by atoms with Gasteiger partial charge in [0.15, 0.2) is 0 Å². The molecule has 2 rings (SSSR count). The highest BCUT2D eigenvalue weighted by atomic mass is 32.2. The Kier molecular flexibility index (Phi) is 4.96. The van der Waals surface area contributed by atoms with E-state index >= 15 is 0 Å². The first-order chi connectivity index (χ1) is 9.87. The molecule has 0 aromatic carbocycles. The van der Waals surface area contributed by atoms with E-state index in [1.54, 1.807) is 16.3 Å². The van der Waals surface area contributed by atoms with Gasteiger partial charge in [0.25, 0.3) is 5.91 Å². The number of hydrogen-bond donors (Lipinski definition) is 2. The molecule has 0 aliphatic carbocycles. The fraction of sp³-hybridized carbons (Fsp3) is 0.500. The van der Waals surface area contributed by atoms with Crippen molar-refractivity contribution in [2.75, 3.05) is 25.9 Å². The van der Waals surface area contributed by atoms with Gasteiger partial charge in [0, 0.05) is 30.6 Å². The van der Waals surface area contributed by atoms with Crippen molar-refractivity contribution < 1.29 is 18.0 Å². The summed E-state index contributed by atoms with van der Waals surface area (Å²) in [5.74, 6) is -0.418. The van der Waals surface area contributed by atoms with E-state index in [-0.39, 0.29) is 11.8 Å². The molecule has 0 bridgehead atoms. The van der Waals surface area contributed by atoms with Gasteiger partial charge in [-0.15, -0.1) is 0 Å². The third kappa shape index (κ3) is 4.51. The van der Waals surface area contributed by atoms with Gasteiger partial charge < -0.3 is 10.2 Å². The van der Waals surface area contributed by atoms with Crippen LogP contribution in [0.15, 0.2) is 16.8 Å². The van der Waals surface area contributed by atoms with Crippen molar-refractivity contribution in [3.63, 3.8) is 0 Å². The molecule has 116 valence electrons. The highest BCUT2D eigenvalue weighted by Crippen LogP contribution is 2.11. The van der Waals surface area contributed by atoms with E-state index in [0.29, 0.717) is 31.6 Å². The van der Waals surface area contributed by atoms with Gasteiger partial charge in [-0.25, -0.2) is 13.1 Å². The number of amides is 2. The molecule has 2 amide bonds. The van der Waals surface area contributed by atoms with Crippen LogP contribution in [0.5, 0.6) is 0 Å². The minimum atomic E-state index is -3.39. The molecular formula is C12H17N3O4S2. The van der Waals surface area contributed by atoms with Crippen LogP contribution in [-0.2, 0) is 14.8 Å². The maximum Gasteiger partial charge on any atom is 0.252 e. The van der Waals surface area contributed by atoms with Crippen molar-refractivity contribution in [3.8, 4) is 0 Å². The van der Waals surface area contributed by atoms with Crippen LogP contribution < -0.4 is 10.0 Å². The molecule has 0 radical (unpaired) electrons. The summed E-state index contributed by atoms with van der Waals surface area (Å²) >= 11 is 1.44. The predicted octanol–water partition coefficient (Wildman–Crippen LogP) is -0.372. The highest BCUT2D eigenvalue weighted by molar-refractivity contribution is 7.88. The summed E-state index contributed by atoms with van der Waals surface area (Å²) in [6.07, 6.45) is 1.48. The Bertz CT molecular complexity index is 612. The number of nitrogens with zero attached hydrogens (tertiary/aromatic N) is 1. The summed E-state index contributed by atoms with van der Waals surface area (Å²) in [5, 5.41) is 6.30. The molecule has 1 aliphatic heterocycles. The summed E-state index contributed by atoms with van der Waals surface area (Å²) in [7, 11) is -3.39. The molecule has 1 saturated heterocycles. The maximum atomic E-state index is 12.0. The fourth-order valence-corrected chi connectivity index (χ4v) is 3.50. The van der Waals surface area contributed by atoms with Crippen molar-refractivity contribution in [2.24, 2.45) is 0 Å². The number of likely N-dealkylation sites (tertiary alicyclic amines) is 1. The van der Waals surface area contributed by atoms with Gasteiger partial charge in [0.05, 0.1) is 6.26 Å². The molecule has 1 aromatic rings. The molecule has 7 nitrogen and oxygen atoms in total. The van der Waals surface area contributed by atoms with Gasteiger partial charge in [0.2, 0.25) is 15.9 Å². The average molecular weight is 331 g/mol. The lowest BCUT2D eigenvalue weighted by Gasteiger charge is -2.17. The van der Waals surface area contributed by atoms with E-state index < -0.39 is 16.1 Å². The molecule has 0 spiro atoms. The van der Waals surface area contributed by atoms with Crippen LogP contribution >= 0.6 is 11.3 Å². The molecule has 1 aliphatic rings. The molecule has 0 saturated carbocycles. The first-order valence-corrected chi connectivity index (χ1v) is 9.27. The lowest BCUT2D eigenvalue weighted by molar-refractivity contribution is -0.129. The lowest BCUT2D eigenvalue weighted by atomic mass is 10.3. The Morgan fingerprint density at radius 2 is 2.29 bits per heavy atom. The minimum Gasteiger partial charge on any atom is -0.350 e. The first-order valence-electron chi connectivity index (χ1n) is 6.43. The van der Waals surface area contributed by atoms with Crippen LogP contribution in [0.1, 0.15) is 16.8 Å². The number of thiophene rings is 1. The molecule has 1 fully saturated rings. The SMILES string of the molecule is CS(=O)(=O)NC1CCN(CCNC(=O)c2ccsc2)C1=O. The van der Waals surface area contributed by atoms with Crippen LogP contribution in [0.25, 0.3) is 0 Å². The predicted molar refractivity (Wildman–Crippen MR) is 79.6 cm³/mol. The topological polar surface area (TPSA) is 95.6 Å². The monoisotopic (exact) mass is 331 g/mol. The lowest BCUT2D eigenvalue weighted by Crippen LogP contribution is -2.42. The summed E-state index contributed by atoms with van der Waals surface area (Å²) in [5.41, 5.74) is 0.601. The first kappa shape index (κ1) is 15.9. The zero-order chi connectivity index (χ0) is 15.5. The molecule has 2 N–H and O–H groups in total. The van der Waals surface area contributed by atoms with E-state index in [1.807, 2.05) is 5.38 Å². The Balaban J connectivity index is 1.77. The molecule has 2 heterocycles. The van der Waals surface area contributed by atoms with E-state index in [2.05, 4.69) is 10.0 Å². The minimum absolute atomic E-state index is 0.172. The van der Waals surface area contributed by atoms with Gasteiger partial charge in [0.1, 0.15) is 6.04 Å². The number of carbonyl (C=O) groups excluding carboxylic acids is 2. The van der Waals surface area contributed by atoms with Crippen molar-refractivity contribution in [1.29, 1.82) is 0 Å². The van der Waals surface area contributed by atoms with Crippen molar-refractivity contribution in [2.45, 2.75) is 12.5 Å². The second kappa shape index (κ2) is 6.54. The van der Waals surface area contributed by atoms with Gasteiger partial charge in [-0.3, -0.25) is 9.59 Å². The molecule has 1 aromatic heterocycles. The van der Waals surface area contributed by atoms with Gasteiger partial charge in [-0.2, -0.15) is 11.3 Å². The number of hydrogen-bond acceptors (Lipinski definition) is 5. The Labute approximate surface area is 127 Å². The summed E-state index contributed by atoms with van der Waals surface area (Å²) in [4.78, 5) is 25.2. The van der Waals surface area contributed by atoms with Crippen LogP contribution in [0.3, 0.4) is 0 Å². The molecule has 1 unspecified atom stereocenters. The van der Waals surface area contributed by atoms with Crippen molar-refractivity contribution in [3.05, 3.63) is 22.4 Å². The number of rotatable bonds is 6. The summed E-state index contributed by atoms with van der Waals surface area (Å²) in [6.45, 7) is 1.20. The normalized spacial score (nSPS) is 19.0. The standard InChI is InChI=1S/C12H17N3O4S2/c1-21(18,19)14-10-2-5-15(12(10)17)6-4-13-11(16)9-3-7-20-8-9/h3,7-8,10,14H,2,4-6H2,1H3,(H,13,16). The zero-order valence-corrected chi connectivity index (χ0v) is 13.2. The van der Waals surface area contributed by atoms with Gasteiger partial charge in [-0.1, -0.05) is 0 Å². The number of sulfonamides is 1. The number of carbonyl (C=O) groups is 2. The van der Waals surface area contributed by atoms with E-state index in [1.165, 1.54) is 11.3 Å². The largest absolute Gasteiger partial charge is 0.350 e. The molecule has 9 heteroatoms. The molecular weight excluding hydrogens is 314 g/mol. The average Bonchev–Trinajstić information content (AvgIpc) is 3.01. The van der Waals surface area contributed by atoms with Gasteiger partial charge >= 0.3 is 0 Å². The second-order valence-electron chi connectivity index (χ2n) is 4.82. The second-order valence-corrected chi connectivity index (χ2v) is 7.38. The maximum absolute atomic E-state index is 12.0. The number of nitrogens with one attached hydrogen (secondary N) is 2. The Morgan fingerprint density at radius 1 is 1.52 bits per heavy atom. The zero-order valence-electron chi connectivity index (χ0n) is 11.5. The van der Waals surface area contributed by atoms with Crippen molar-refractivity contribution >= 4 is 33.2 Å². The van der Waals surface area contributed by atoms with Crippen LogP contribution in [-0.4, -0.2) is 57.1 Å². The Morgan fingerprint density at radius 3 is 2.90 bits per heavy atom. The van der Waals surface area contributed by atoms with Crippen molar-refractivity contribution in [1.82, 2.24) is 14.9 Å². The van der Waals surface area contributed by atoms with Crippen LogP contribution in [0, 0.1) is 0 Å². The van der Waals surface area contributed by atoms with Crippen LogP contribution in [0.2, 0.25) is 0 Å². The van der Waals surface area contributed by atoms with E-state index in [9.17, 15) is 18.0 Å². The quantitative estimate of drug-likeness (QED) is 0.743. The third-order valence-electron chi connectivity index (χ3n) is 3.10. The Hall–Kier alpha value is -1.45. The van der Waals surface area contributed by atoms with E-state index in [0.717, 1.165) is 6.26 Å². The highest BCUT2D eigenvalue weighted by Gasteiger charge is 2.32. The van der Waals surface area contributed by atoms with E-state index in [4.69, 9.17) is 0 Å². The summed E-state index contributed by atoms with van der Waals surface area (Å²) < 4.78 is 24.6. The smallest absolute Gasteiger partial charge is 0.252 e.